The first-order valence-corrected chi connectivity index (χ1v) is 8.08. The van der Waals surface area contributed by atoms with E-state index < -0.39 is 0 Å². The molecule has 0 saturated carbocycles. The van der Waals surface area contributed by atoms with Crippen molar-refractivity contribution in [2.75, 3.05) is 4.43 Å². The van der Waals surface area contributed by atoms with E-state index in [9.17, 15) is 0 Å². The van der Waals surface area contributed by atoms with Crippen molar-refractivity contribution in [2.24, 2.45) is 0 Å². The van der Waals surface area contributed by atoms with Crippen molar-refractivity contribution < 1.29 is 0 Å². The summed E-state index contributed by atoms with van der Waals surface area (Å²) in [7, 11) is 0. The van der Waals surface area contributed by atoms with Crippen LogP contribution in [0, 0.1) is 6.92 Å². The van der Waals surface area contributed by atoms with Gasteiger partial charge in [-0.15, -0.1) is 0 Å². The normalized spacial score (nSPS) is 16.9. The molecule has 1 heteroatoms. The van der Waals surface area contributed by atoms with E-state index in [1.807, 2.05) is 0 Å². The molecule has 1 aromatic rings. The second-order valence-electron chi connectivity index (χ2n) is 5.56. The fourth-order valence-electron chi connectivity index (χ4n) is 3.00. The molecule has 0 amide bonds. The number of fused-ring (bicyclic) bond motifs is 1. The third-order valence-corrected chi connectivity index (χ3v) is 4.70. The summed E-state index contributed by atoms with van der Waals surface area (Å²) < 4.78 is 1.22. The summed E-state index contributed by atoms with van der Waals surface area (Å²) in [4.78, 5) is 0. The smallest absolute Gasteiger partial charge is 0.0155 e. The number of benzene rings is 1. The Labute approximate surface area is 124 Å². The summed E-state index contributed by atoms with van der Waals surface area (Å²) in [6.07, 6.45) is 4.48. The minimum absolute atomic E-state index is 0.115. The molecule has 0 radical (unpaired) electrons. The lowest BCUT2D eigenvalue weighted by molar-refractivity contribution is 0.653. The summed E-state index contributed by atoms with van der Waals surface area (Å²) in [5.74, 6) is 0. The Hall–Kier alpha value is -0.570. The van der Waals surface area contributed by atoms with Crippen LogP contribution < -0.4 is 0 Å². The maximum atomic E-state index is 4.04. The second kappa shape index (κ2) is 5.20. The van der Waals surface area contributed by atoms with Crippen molar-refractivity contribution in [3.8, 4) is 0 Å². The van der Waals surface area contributed by atoms with Crippen LogP contribution in [-0.2, 0) is 5.41 Å². The van der Waals surface area contributed by atoms with Gasteiger partial charge in [-0.05, 0) is 46.5 Å². The van der Waals surface area contributed by atoms with Gasteiger partial charge >= 0.3 is 0 Å². The Morgan fingerprint density at radius 3 is 2.67 bits per heavy atom. The predicted octanol–water partition coefficient (Wildman–Crippen LogP) is 5.44. The average Bonchev–Trinajstić information content (AvgIpc) is 2.54. The molecule has 18 heavy (non-hydrogen) atoms. The van der Waals surface area contributed by atoms with Crippen LogP contribution in [0.5, 0.6) is 0 Å². The van der Waals surface area contributed by atoms with E-state index in [4.69, 9.17) is 0 Å². The second-order valence-corrected chi connectivity index (χ2v) is 6.64. The van der Waals surface area contributed by atoms with Gasteiger partial charge in [-0.3, -0.25) is 0 Å². The predicted molar refractivity (Wildman–Crippen MR) is 89.4 cm³/mol. The number of aryl methyl sites for hydroxylation is 1. The van der Waals surface area contributed by atoms with Crippen LogP contribution in [0.1, 0.15) is 43.4 Å². The van der Waals surface area contributed by atoms with E-state index in [0.29, 0.717) is 0 Å². The first kappa shape index (κ1) is 13.9. The van der Waals surface area contributed by atoms with Crippen molar-refractivity contribution in [1.82, 2.24) is 0 Å². The Morgan fingerprint density at radius 2 is 2.06 bits per heavy atom. The molecule has 0 aliphatic heterocycles. The van der Waals surface area contributed by atoms with Crippen molar-refractivity contribution >= 4 is 28.2 Å². The molecular weight excluding hydrogens is 331 g/mol. The molecule has 96 valence electrons. The van der Waals surface area contributed by atoms with Crippen LogP contribution in [-0.4, -0.2) is 4.43 Å². The molecule has 0 atom stereocenters. The van der Waals surface area contributed by atoms with Crippen LogP contribution in [0.2, 0.25) is 0 Å². The molecule has 0 fully saturated rings. The largest absolute Gasteiger partial charge is 0.0987 e. The minimum Gasteiger partial charge on any atom is -0.0987 e. The highest BCUT2D eigenvalue weighted by molar-refractivity contribution is 14.1. The van der Waals surface area contributed by atoms with Crippen LogP contribution in [0.3, 0.4) is 0 Å². The minimum atomic E-state index is 0.115. The maximum Gasteiger partial charge on any atom is 0.0155 e. The Kier molecular flexibility index (Phi) is 4.00. The van der Waals surface area contributed by atoms with Crippen molar-refractivity contribution in [2.45, 2.75) is 39.0 Å². The fraction of sp³-hybridized carbons (Fsp3) is 0.412. The Balaban J connectivity index is 2.57. The number of allylic oxidation sites excluding steroid dienone is 3. The monoisotopic (exact) mass is 352 g/mol. The number of rotatable bonds is 4. The lowest BCUT2D eigenvalue weighted by atomic mass is 9.81. The zero-order chi connectivity index (χ0) is 13.3. The number of hydrogen-bond acceptors (Lipinski definition) is 0. The van der Waals surface area contributed by atoms with Crippen molar-refractivity contribution in [3.05, 3.63) is 53.1 Å². The quantitative estimate of drug-likeness (QED) is 0.500. The molecule has 1 aliphatic rings. The molecule has 0 bridgehead atoms. The zero-order valence-corrected chi connectivity index (χ0v) is 13.7. The first-order chi connectivity index (χ1) is 8.52. The summed E-state index contributed by atoms with van der Waals surface area (Å²) >= 11 is 2.46. The van der Waals surface area contributed by atoms with Gasteiger partial charge < -0.3 is 0 Å². The maximum absolute atomic E-state index is 4.04. The van der Waals surface area contributed by atoms with E-state index in [-0.39, 0.29) is 5.41 Å². The number of halogens is 1. The van der Waals surface area contributed by atoms with Gasteiger partial charge in [-0.1, -0.05) is 72.9 Å². The van der Waals surface area contributed by atoms with Gasteiger partial charge in [-0.2, -0.15) is 0 Å². The molecule has 2 rings (SSSR count). The lowest BCUT2D eigenvalue weighted by Gasteiger charge is -2.23. The van der Waals surface area contributed by atoms with E-state index in [1.54, 1.807) is 0 Å². The van der Waals surface area contributed by atoms with Gasteiger partial charge in [-0.25, -0.2) is 0 Å². The van der Waals surface area contributed by atoms with Crippen LogP contribution in [0.15, 0.2) is 36.4 Å². The lowest BCUT2D eigenvalue weighted by Crippen LogP contribution is -2.16. The summed E-state index contributed by atoms with van der Waals surface area (Å²) in [5.41, 5.74) is 7.32. The highest BCUT2D eigenvalue weighted by Gasteiger charge is 2.35. The SMILES string of the molecule is C=CC1=C(CCCI)c2ccc(C)cc2C1(C)C. The summed E-state index contributed by atoms with van der Waals surface area (Å²) in [6.45, 7) is 10.9. The van der Waals surface area contributed by atoms with Crippen LogP contribution in [0.25, 0.3) is 5.57 Å². The molecule has 0 saturated heterocycles. The van der Waals surface area contributed by atoms with Gasteiger partial charge in [0.05, 0.1) is 0 Å². The topological polar surface area (TPSA) is 0 Å². The molecule has 0 nitrogen and oxygen atoms in total. The number of alkyl halides is 1. The molecule has 1 aliphatic carbocycles. The third kappa shape index (κ3) is 2.18. The number of hydrogen-bond donors (Lipinski definition) is 0. The summed E-state index contributed by atoms with van der Waals surface area (Å²) in [6, 6.07) is 6.87. The molecule has 0 aromatic heterocycles. The van der Waals surface area contributed by atoms with Gasteiger partial charge in [0.25, 0.3) is 0 Å². The highest BCUT2D eigenvalue weighted by Crippen LogP contribution is 2.48. The van der Waals surface area contributed by atoms with Gasteiger partial charge in [0, 0.05) is 5.41 Å². The van der Waals surface area contributed by atoms with E-state index in [0.717, 1.165) is 0 Å². The summed E-state index contributed by atoms with van der Waals surface area (Å²) in [5, 5.41) is 0. The molecular formula is C17H21I. The highest BCUT2D eigenvalue weighted by atomic mass is 127. The molecule has 0 spiro atoms. The molecule has 1 aromatic carbocycles. The van der Waals surface area contributed by atoms with E-state index in [2.05, 4.69) is 74.2 Å². The zero-order valence-electron chi connectivity index (χ0n) is 11.5. The van der Waals surface area contributed by atoms with E-state index in [1.165, 1.54) is 45.1 Å². The van der Waals surface area contributed by atoms with Gasteiger partial charge in [0.1, 0.15) is 0 Å². The standard InChI is InChI=1S/C17H21I/c1-5-15-13(7-6-10-18)14-9-8-12(2)11-16(14)17(15,3)4/h5,8-9,11H,1,6-7,10H2,2-4H3. The van der Waals surface area contributed by atoms with Gasteiger partial charge in [0.15, 0.2) is 0 Å². The fourth-order valence-corrected chi connectivity index (χ4v) is 3.38. The van der Waals surface area contributed by atoms with Gasteiger partial charge in [0.2, 0.25) is 0 Å². The molecule has 0 N–H and O–H groups in total. The first-order valence-electron chi connectivity index (χ1n) is 6.56. The molecule has 0 unspecified atom stereocenters. The third-order valence-electron chi connectivity index (χ3n) is 3.94. The average molecular weight is 352 g/mol. The van der Waals surface area contributed by atoms with Crippen molar-refractivity contribution in [3.63, 3.8) is 0 Å². The van der Waals surface area contributed by atoms with E-state index >= 15 is 0 Å². The van der Waals surface area contributed by atoms with Crippen molar-refractivity contribution in [1.29, 1.82) is 0 Å². The Bertz CT molecular complexity index is 506. The Morgan fingerprint density at radius 1 is 1.33 bits per heavy atom. The van der Waals surface area contributed by atoms with Crippen LogP contribution >= 0.6 is 22.6 Å². The van der Waals surface area contributed by atoms with Crippen LogP contribution in [0.4, 0.5) is 0 Å². The molecule has 0 heterocycles.